The van der Waals surface area contributed by atoms with Crippen LogP contribution in [0, 0.1) is 17.7 Å². The number of nitrogens with zero attached hydrogens (tertiary/aromatic N) is 1. The molecule has 4 nitrogen and oxygen atoms in total. The van der Waals surface area contributed by atoms with E-state index < -0.39 is 11.7 Å². The van der Waals surface area contributed by atoms with Crippen LogP contribution in [0.5, 0.6) is 0 Å². The van der Waals surface area contributed by atoms with Crippen LogP contribution in [0.25, 0.3) is 11.1 Å². The fraction of sp³-hybridized carbons (Fsp3) is 0.300. The highest BCUT2D eigenvalue weighted by atomic mass is 19.1. The molecule has 0 saturated carbocycles. The van der Waals surface area contributed by atoms with E-state index in [1.54, 1.807) is 11.8 Å². The molecule has 1 heterocycles. The second-order valence-electron chi connectivity index (χ2n) is 6.37. The first kappa shape index (κ1) is 17.0. The van der Waals surface area contributed by atoms with E-state index in [9.17, 15) is 14.0 Å². The highest BCUT2D eigenvalue weighted by molar-refractivity contribution is 6.00. The van der Waals surface area contributed by atoms with Crippen molar-refractivity contribution < 1.29 is 14.0 Å². The Kier molecular flexibility index (Phi) is 4.22. The molecule has 3 rings (SSSR count). The summed E-state index contributed by atoms with van der Waals surface area (Å²) >= 11 is 0. The van der Waals surface area contributed by atoms with Crippen molar-refractivity contribution in [2.45, 2.75) is 27.2 Å². The molecule has 0 radical (unpaired) electrons. The van der Waals surface area contributed by atoms with E-state index in [1.807, 2.05) is 19.9 Å². The molecule has 2 aliphatic rings. The Morgan fingerprint density at radius 1 is 1.28 bits per heavy atom. The topological polar surface area (TPSA) is 63.4 Å². The molecule has 0 bridgehead atoms. The van der Waals surface area contributed by atoms with Gasteiger partial charge in [-0.3, -0.25) is 9.59 Å². The highest BCUT2D eigenvalue weighted by Gasteiger charge is 2.30. The average molecular weight is 338 g/mol. The van der Waals surface area contributed by atoms with Crippen molar-refractivity contribution in [3.05, 3.63) is 45.8 Å². The number of primary amides is 1. The SMILES string of the molecule is CC#CC(=O)N1CC=C(c2c(F)cc(C(N)=O)c3c2C(C)=C(C)C3)C1. The number of hydrogen-bond donors (Lipinski definition) is 1. The Balaban J connectivity index is 2.10. The van der Waals surface area contributed by atoms with Crippen LogP contribution in [0.3, 0.4) is 0 Å². The first-order valence-electron chi connectivity index (χ1n) is 8.08. The lowest BCUT2D eigenvalue weighted by Crippen LogP contribution is -2.27. The number of benzene rings is 1. The van der Waals surface area contributed by atoms with Gasteiger partial charge < -0.3 is 10.6 Å². The van der Waals surface area contributed by atoms with Crippen molar-refractivity contribution in [3.63, 3.8) is 0 Å². The summed E-state index contributed by atoms with van der Waals surface area (Å²) < 4.78 is 14.9. The van der Waals surface area contributed by atoms with Gasteiger partial charge in [0, 0.05) is 24.2 Å². The molecule has 0 saturated heterocycles. The number of halogens is 1. The maximum Gasteiger partial charge on any atom is 0.299 e. The molecule has 1 aliphatic carbocycles. The lowest BCUT2D eigenvalue weighted by molar-refractivity contribution is -0.123. The minimum absolute atomic E-state index is 0.232. The van der Waals surface area contributed by atoms with Crippen molar-refractivity contribution in [2.24, 2.45) is 5.73 Å². The number of carbonyl (C=O) groups is 2. The van der Waals surface area contributed by atoms with Crippen LogP contribution < -0.4 is 5.73 Å². The molecule has 1 aliphatic heterocycles. The lowest BCUT2D eigenvalue weighted by atomic mass is 9.90. The number of rotatable bonds is 2. The fourth-order valence-corrected chi connectivity index (χ4v) is 3.51. The van der Waals surface area contributed by atoms with Crippen LogP contribution >= 0.6 is 0 Å². The Morgan fingerprint density at radius 2 is 2.00 bits per heavy atom. The zero-order valence-corrected chi connectivity index (χ0v) is 14.5. The summed E-state index contributed by atoms with van der Waals surface area (Å²) in [5, 5.41) is 0. The summed E-state index contributed by atoms with van der Waals surface area (Å²) in [6, 6.07) is 1.22. The van der Waals surface area contributed by atoms with Gasteiger partial charge in [0.05, 0.1) is 0 Å². The first-order chi connectivity index (χ1) is 11.8. The summed E-state index contributed by atoms with van der Waals surface area (Å²) in [5.74, 6) is 3.71. The van der Waals surface area contributed by atoms with E-state index in [0.717, 1.165) is 27.8 Å². The summed E-state index contributed by atoms with van der Waals surface area (Å²) in [6.45, 7) is 6.21. The van der Waals surface area contributed by atoms with Crippen LogP contribution in [-0.4, -0.2) is 29.8 Å². The van der Waals surface area contributed by atoms with Crippen molar-refractivity contribution >= 4 is 23.0 Å². The molecule has 128 valence electrons. The molecule has 1 aromatic carbocycles. The van der Waals surface area contributed by atoms with E-state index in [1.165, 1.54) is 6.07 Å². The molecule has 0 unspecified atom stereocenters. The Labute approximate surface area is 146 Å². The summed E-state index contributed by atoms with van der Waals surface area (Å²) in [5.41, 5.74) is 10.5. The Morgan fingerprint density at radius 3 is 2.64 bits per heavy atom. The van der Waals surface area contributed by atoms with Crippen LogP contribution in [0.15, 0.2) is 17.7 Å². The molecule has 5 heteroatoms. The number of fused-ring (bicyclic) bond motifs is 1. The maximum absolute atomic E-state index is 14.9. The second kappa shape index (κ2) is 6.21. The van der Waals surface area contributed by atoms with Gasteiger partial charge in [-0.2, -0.15) is 0 Å². The van der Waals surface area contributed by atoms with Gasteiger partial charge >= 0.3 is 0 Å². The van der Waals surface area contributed by atoms with Crippen molar-refractivity contribution in [1.82, 2.24) is 4.90 Å². The van der Waals surface area contributed by atoms with Gasteiger partial charge in [0.1, 0.15) is 5.82 Å². The highest BCUT2D eigenvalue weighted by Crippen LogP contribution is 2.41. The largest absolute Gasteiger partial charge is 0.366 e. The standard InChI is InChI=1S/C20H19FN2O2/c1-4-5-17(24)23-7-6-13(10-23)19-16(21)9-15(20(22)25)14-8-11(2)12(3)18(14)19/h6,9H,7-8,10H2,1-3H3,(H2,22,25). The third-order valence-corrected chi connectivity index (χ3v) is 4.87. The third kappa shape index (κ3) is 2.74. The summed E-state index contributed by atoms with van der Waals surface area (Å²) in [6.07, 6.45) is 2.43. The molecule has 2 amide bonds. The van der Waals surface area contributed by atoms with Gasteiger partial charge in [-0.05, 0) is 61.5 Å². The number of allylic oxidation sites excluding steroid dienone is 2. The zero-order valence-electron chi connectivity index (χ0n) is 14.5. The van der Waals surface area contributed by atoms with Gasteiger partial charge in [-0.15, -0.1) is 0 Å². The predicted molar refractivity (Wildman–Crippen MR) is 94.9 cm³/mol. The van der Waals surface area contributed by atoms with Crippen LogP contribution in [-0.2, 0) is 11.2 Å². The van der Waals surface area contributed by atoms with Crippen LogP contribution in [0.4, 0.5) is 4.39 Å². The normalized spacial score (nSPS) is 15.7. The summed E-state index contributed by atoms with van der Waals surface area (Å²) in [4.78, 5) is 25.3. The van der Waals surface area contributed by atoms with Gasteiger partial charge in [0.15, 0.2) is 0 Å². The molecule has 1 aromatic rings. The molecular formula is C20H19FN2O2. The van der Waals surface area contributed by atoms with E-state index in [4.69, 9.17) is 5.73 Å². The predicted octanol–water partition coefficient (Wildman–Crippen LogP) is 2.52. The average Bonchev–Trinajstić information content (AvgIpc) is 3.14. The van der Waals surface area contributed by atoms with Gasteiger partial charge in [-0.1, -0.05) is 17.6 Å². The van der Waals surface area contributed by atoms with Crippen molar-refractivity contribution in [1.29, 1.82) is 0 Å². The van der Waals surface area contributed by atoms with E-state index in [2.05, 4.69) is 11.8 Å². The molecule has 0 fully saturated rings. The molecular weight excluding hydrogens is 319 g/mol. The van der Waals surface area contributed by atoms with E-state index >= 15 is 0 Å². The lowest BCUT2D eigenvalue weighted by Gasteiger charge is -2.17. The smallest absolute Gasteiger partial charge is 0.299 e. The van der Waals surface area contributed by atoms with Gasteiger partial charge in [0.2, 0.25) is 5.91 Å². The zero-order chi connectivity index (χ0) is 18.3. The van der Waals surface area contributed by atoms with E-state index in [0.29, 0.717) is 25.1 Å². The summed E-state index contributed by atoms with van der Waals surface area (Å²) in [7, 11) is 0. The number of carbonyl (C=O) groups excluding carboxylic acids is 2. The maximum atomic E-state index is 14.9. The number of amides is 2. The number of nitrogens with two attached hydrogens (primary N) is 1. The minimum Gasteiger partial charge on any atom is -0.366 e. The second-order valence-corrected chi connectivity index (χ2v) is 6.37. The van der Waals surface area contributed by atoms with Crippen LogP contribution in [0.1, 0.15) is 47.8 Å². The Hall–Kier alpha value is -2.87. The third-order valence-electron chi connectivity index (χ3n) is 4.87. The van der Waals surface area contributed by atoms with Crippen molar-refractivity contribution in [2.75, 3.05) is 13.1 Å². The quantitative estimate of drug-likeness (QED) is 0.842. The van der Waals surface area contributed by atoms with Crippen LogP contribution in [0.2, 0.25) is 0 Å². The molecule has 2 N–H and O–H groups in total. The number of hydrogen-bond acceptors (Lipinski definition) is 2. The van der Waals surface area contributed by atoms with Crippen molar-refractivity contribution in [3.8, 4) is 11.8 Å². The molecule has 0 aromatic heterocycles. The molecule has 0 atom stereocenters. The molecule has 25 heavy (non-hydrogen) atoms. The first-order valence-corrected chi connectivity index (χ1v) is 8.08. The van der Waals surface area contributed by atoms with Gasteiger partial charge in [-0.25, -0.2) is 4.39 Å². The fourth-order valence-electron chi connectivity index (χ4n) is 3.51. The molecule has 0 spiro atoms. The van der Waals surface area contributed by atoms with E-state index in [-0.39, 0.29) is 11.5 Å². The van der Waals surface area contributed by atoms with Gasteiger partial charge in [0.25, 0.3) is 5.91 Å². The monoisotopic (exact) mass is 338 g/mol. The Bertz CT molecular complexity index is 929. The minimum atomic E-state index is -0.625.